The summed E-state index contributed by atoms with van der Waals surface area (Å²) in [7, 11) is 0. The fourth-order valence-electron chi connectivity index (χ4n) is 2.99. The SMILES string of the molecule is C[C@@H]1C(O)[C@H](C)[C@H](c2cccs2)N[C@H]1c1cccs1. The van der Waals surface area contributed by atoms with Crippen molar-refractivity contribution >= 4 is 22.7 Å². The first-order valence-corrected chi connectivity index (χ1v) is 8.45. The number of aliphatic hydroxyl groups excluding tert-OH is 1. The topological polar surface area (TPSA) is 32.3 Å². The summed E-state index contributed by atoms with van der Waals surface area (Å²) in [6.07, 6.45) is -0.263. The smallest absolute Gasteiger partial charge is 0.0628 e. The molecule has 0 spiro atoms. The van der Waals surface area contributed by atoms with Gasteiger partial charge in [-0.05, 0) is 22.9 Å². The van der Waals surface area contributed by atoms with Crippen LogP contribution in [0.2, 0.25) is 0 Å². The minimum Gasteiger partial charge on any atom is -0.392 e. The number of nitrogens with one attached hydrogen (secondary N) is 1. The summed E-state index contributed by atoms with van der Waals surface area (Å²) < 4.78 is 0. The van der Waals surface area contributed by atoms with Crippen molar-refractivity contribution in [2.75, 3.05) is 0 Å². The lowest BCUT2D eigenvalue weighted by molar-refractivity contribution is -0.00521. The Hall–Kier alpha value is -0.680. The van der Waals surface area contributed by atoms with E-state index in [1.165, 1.54) is 9.75 Å². The minimum atomic E-state index is -0.263. The monoisotopic (exact) mass is 293 g/mol. The zero-order valence-electron chi connectivity index (χ0n) is 11.1. The number of piperidine rings is 1. The second-order valence-corrected chi connectivity index (χ2v) is 7.32. The maximum absolute atomic E-state index is 10.6. The van der Waals surface area contributed by atoms with Crippen molar-refractivity contribution in [3.8, 4) is 0 Å². The summed E-state index contributed by atoms with van der Waals surface area (Å²) in [5, 5.41) is 18.5. The van der Waals surface area contributed by atoms with Crippen molar-refractivity contribution in [3.63, 3.8) is 0 Å². The van der Waals surface area contributed by atoms with Crippen molar-refractivity contribution in [3.05, 3.63) is 44.8 Å². The Morgan fingerprint density at radius 2 is 1.42 bits per heavy atom. The highest BCUT2D eigenvalue weighted by atomic mass is 32.1. The van der Waals surface area contributed by atoms with Gasteiger partial charge in [0.1, 0.15) is 0 Å². The lowest BCUT2D eigenvalue weighted by Crippen LogP contribution is -2.48. The van der Waals surface area contributed by atoms with Crippen LogP contribution in [0.3, 0.4) is 0 Å². The van der Waals surface area contributed by atoms with Gasteiger partial charge >= 0.3 is 0 Å². The highest BCUT2D eigenvalue weighted by molar-refractivity contribution is 7.10. The second kappa shape index (κ2) is 5.37. The highest BCUT2D eigenvalue weighted by Gasteiger charge is 2.40. The molecule has 2 nitrogen and oxygen atoms in total. The summed E-state index contributed by atoms with van der Waals surface area (Å²) in [5.41, 5.74) is 0. The molecule has 1 fully saturated rings. The molecule has 3 rings (SSSR count). The predicted octanol–water partition coefficient (Wildman–Crippen LogP) is 3.83. The van der Waals surface area contributed by atoms with Gasteiger partial charge in [-0.1, -0.05) is 26.0 Å². The Labute approximate surface area is 122 Å². The van der Waals surface area contributed by atoms with Crippen LogP contribution >= 0.6 is 22.7 Å². The van der Waals surface area contributed by atoms with Crippen molar-refractivity contribution in [1.29, 1.82) is 0 Å². The minimum absolute atomic E-state index is 0.241. The molecule has 0 amide bonds. The van der Waals surface area contributed by atoms with Crippen LogP contribution in [0.4, 0.5) is 0 Å². The zero-order valence-corrected chi connectivity index (χ0v) is 12.7. The molecule has 4 heteroatoms. The van der Waals surface area contributed by atoms with Gasteiger partial charge in [0.05, 0.1) is 6.10 Å². The molecule has 1 aliphatic rings. The molecule has 0 aliphatic carbocycles. The standard InChI is InChI=1S/C15H19NOS2/c1-9-13(11-5-3-7-18-11)16-14(10(2)15(9)17)12-6-4-8-19-12/h3-10,13-17H,1-2H3/t9-,10+,13-,14-,15?/m1/s1. The Kier molecular flexibility index (Phi) is 3.76. The van der Waals surface area contributed by atoms with Gasteiger partial charge in [-0.2, -0.15) is 0 Å². The van der Waals surface area contributed by atoms with E-state index in [1.54, 1.807) is 22.7 Å². The summed E-state index contributed by atoms with van der Waals surface area (Å²) >= 11 is 3.53. The molecule has 0 bridgehead atoms. The van der Waals surface area contributed by atoms with Crippen LogP contribution in [-0.4, -0.2) is 11.2 Å². The van der Waals surface area contributed by atoms with E-state index < -0.39 is 0 Å². The first-order valence-electron chi connectivity index (χ1n) is 6.69. The molecule has 5 atom stereocenters. The Morgan fingerprint density at radius 3 is 1.79 bits per heavy atom. The van der Waals surface area contributed by atoms with E-state index in [0.29, 0.717) is 0 Å². The van der Waals surface area contributed by atoms with E-state index in [2.05, 4.69) is 54.2 Å². The van der Waals surface area contributed by atoms with Gasteiger partial charge in [0.25, 0.3) is 0 Å². The van der Waals surface area contributed by atoms with Gasteiger partial charge in [-0.25, -0.2) is 0 Å². The summed E-state index contributed by atoms with van der Waals surface area (Å²) in [4.78, 5) is 2.64. The zero-order chi connectivity index (χ0) is 13.4. The van der Waals surface area contributed by atoms with E-state index in [-0.39, 0.29) is 30.0 Å². The number of thiophene rings is 2. The molecule has 2 aromatic heterocycles. The lowest BCUT2D eigenvalue weighted by atomic mass is 9.78. The van der Waals surface area contributed by atoms with Crippen LogP contribution in [0.25, 0.3) is 0 Å². The molecular formula is C15H19NOS2. The first-order chi connectivity index (χ1) is 9.18. The van der Waals surface area contributed by atoms with E-state index in [4.69, 9.17) is 0 Å². The molecule has 3 heterocycles. The molecule has 1 aliphatic heterocycles. The Morgan fingerprint density at radius 1 is 0.947 bits per heavy atom. The first kappa shape index (κ1) is 13.3. The molecule has 0 radical (unpaired) electrons. The molecular weight excluding hydrogens is 274 g/mol. The molecule has 2 N–H and O–H groups in total. The molecule has 1 saturated heterocycles. The van der Waals surface area contributed by atoms with Crippen LogP contribution < -0.4 is 5.32 Å². The maximum Gasteiger partial charge on any atom is 0.0628 e. The molecule has 0 saturated carbocycles. The maximum atomic E-state index is 10.6. The van der Waals surface area contributed by atoms with Crippen LogP contribution in [0.15, 0.2) is 35.0 Å². The highest BCUT2D eigenvalue weighted by Crippen LogP contribution is 2.42. The molecule has 102 valence electrons. The molecule has 0 aromatic carbocycles. The number of rotatable bonds is 2. The van der Waals surface area contributed by atoms with E-state index in [9.17, 15) is 5.11 Å². The molecule has 2 aromatic rings. The van der Waals surface area contributed by atoms with Crippen molar-refractivity contribution < 1.29 is 5.11 Å². The lowest BCUT2D eigenvalue weighted by Gasteiger charge is -2.43. The summed E-state index contributed by atoms with van der Waals surface area (Å²) in [5.74, 6) is 0.481. The van der Waals surface area contributed by atoms with Gasteiger partial charge in [0.2, 0.25) is 0 Å². The van der Waals surface area contributed by atoms with Crippen molar-refractivity contribution in [2.45, 2.75) is 32.0 Å². The van der Waals surface area contributed by atoms with Crippen LogP contribution in [0.1, 0.15) is 35.7 Å². The summed E-state index contributed by atoms with van der Waals surface area (Å²) in [6.45, 7) is 4.28. The largest absolute Gasteiger partial charge is 0.392 e. The van der Waals surface area contributed by atoms with E-state index >= 15 is 0 Å². The van der Waals surface area contributed by atoms with Gasteiger partial charge in [0, 0.05) is 33.7 Å². The number of aliphatic hydroxyl groups is 1. The quantitative estimate of drug-likeness (QED) is 0.882. The van der Waals surface area contributed by atoms with E-state index in [0.717, 1.165) is 0 Å². The predicted molar refractivity (Wildman–Crippen MR) is 81.6 cm³/mol. The van der Waals surface area contributed by atoms with Crippen LogP contribution in [0, 0.1) is 11.8 Å². The third-order valence-corrected chi connectivity index (χ3v) is 6.10. The third kappa shape index (κ3) is 2.38. The average molecular weight is 293 g/mol. The van der Waals surface area contributed by atoms with E-state index in [1.807, 2.05) is 0 Å². The Balaban J connectivity index is 1.91. The number of hydrogen-bond acceptors (Lipinski definition) is 4. The molecule has 19 heavy (non-hydrogen) atoms. The second-order valence-electron chi connectivity index (χ2n) is 5.36. The third-order valence-electron chi connectivity index (χ3n) is 4.19. The Bertz CT molecular complexity index is 462. The van der Waals surface area contributed by atoms with Gasteiger partial charge in [-0.15, -0.1) is 22.7 Å². The van der Waals surface area contributed by atoms with Gasteiger partial charge in [0.15, 0.2) is 0 Å². The fraction of sp³-hybridized carbons (Fsp3) is 0.467. The van der Waals surface area contributed by atoms with Gasteiger partial charge < -0.3 is 10.4 Å². The normalized spacial score (nSPS) is 35.4. The van der Waals surface area contributed by atoms with Crippen molar-refractivity contribution in [2.24, 2.45) is 11.8 Å². The number of hydrogen-bond donors (Lipinski definition) is 2. The fourth-order valence-corrected chi connectivity index (χ4v) is 4.79. The van der Waals surface area contributed by atoms with Crippen LogP contribution in [0.5, 0.6) is 0 Å². The van der Waals surface area contributed by atoms with Crippen molar-refractivity contribution in [1.82, 2.24) is 5.32 Å². The van der Waals surface area contributed by atoms with Crippen LogP contribution in [-0.2, 0) is 0 Å². The summed E-state index contributed by atoms with van der Waals surface area (Å²) in [6, 6.07) is 8.98. The average Bonchev–Trinajstić information content (AvgIpc) is 3.08. The van der Waals surface area contributed by atoms with Gasteiger partial charge in [-0.3, -0.25) is 0 Å². The molecule has 1 unspecified atom stereocenters.